The average Bonchev–Trinajstić information content (AvgIpc) is 3.37. The zero-order valence-electron chi connectivity index (χ0n) is 20.0. The molecule has 1 aromatic heterocycles. The molecule has 0 unspecified atom stereocenters. The van der Waals surface area contributed by atoms with Gasteiger partial charge in [-0.25, -0.2) is 9.78 Å². The second-order valence-corrected chi connectivity index (χ2v) is 9.38. The van der Waals surface area contributed by atoms with Crippen molar-refractivity contribution in [1.29, 1.82) is 0 Å². The van der Waals surface area contributed by atoms with Crippen LogP contribution in [0.1, 0.15) is 24.5 Å². The van der Waals surface area contributed by atoms with Gasteiger partial charge in [0.15, 0.2) is 5.82 Å². The smallest absolute Gasteiger partial charge is 0.317 e. The van der Waals surface area contributed by atoms with Crippen LogP contribution in [0.3, 0.4) is 0 Å². The molecule has 6 bridgehead atoms. The Morgan fingerprint density at radius 3 is 2.86 bits per heavy atom. The minimum Gasteiger partial charge on any atom is -0.339 e. The maximum absolute atomic E-state index is 13.1. The Kier molecular flexibility index (Phi) is 6.90. The summed E-state index contributed by atoms with van der Waals surface area (Å²) >= 11 is 6.35. The standard InChI is InChI=1S/C26H28ClN7O2/c1-2-28-26(36)34-11-10-18(15-34)24(35)32-22-9-8-20-13-17(22)7-6-16-4-3-5-19(12-16)31-25-29-14-21(27)23(30-20)33-25/h3-5,8-9,12-14,18H,2,6-7,10-11,15H2,1H3,(H,28,36)(H,32,35)(H2,29,30,31,33)/t18-/m1/s1. The van der Waals surface area contributed by atoms with E-state index in [9.17, 15) is 9.59 Å². The second kappa shape index (κ2) is 10.4. The number of urea groups is 1. The van der Waals surface area contributed by atoms with Gasteiger partial charge in [-0.1, -0.05) is 23.7 Å². The quantitative estimate of drug-likeness (QED) is 0.410. The molecule has 10 heteroatoms. The van der Waals surface area contributed by atoms with Crippen molar-refractivity contribution in [2.75, 3.05) is 35.6 Å². The molecule has 1 saturated heterocycles. The van der Waals surface area contributed by atoms with E-state index in [1.54, 1.807) is 11.1 Å². The van der Waals surface area contributed by atoms with Gasteiger partial charge in [0.25, 0.3) is 0 Å². The number of rotatable bonds is 3. The molecule has 2 aliphatic rings. The Hall–Kier alpha value is -3.85. The van der Waals surface area contributed by atoms with E-state index in [-0.39, 0.29) is 17.9 Å². The molecule has 9 nitrogen and oxygen atoms in total. The van der Waals surface area contributed by atoms with Crippen LogP contribution in [-0.2, 0) is 17.6 Å². The number of aromatic nitrogens is 2. The van der Waals surface area contributed by atoms with Gasteiger partial charge in [0.05, 0.1) is 12.1 Å². The molecule has 0 saturated carbocycles. The van der Waals surface area contributed by atoms with E-state index in [0.717, 1.165) is 41.0 Å². The summed E-state index contributed by atoms with van der Waals surface area (Å²) in [5.74, 6) is 0.620. The van der Waals surface area contributed by atoms with Crippen LogP contribution in [0.2, 0.25) is 5.02 Å². The first kappa shape index (κ1) is 23.9. The number of likely N-dealkylation sites (tertiary alicyclic amines) is 1. The summed E-state index contributed by atoms with van der Waals surface area (Å²) in [5.41, 5.74) is 4.61. The lowest BCUT2D eigenvalue weighted by atomic mass is 10.0. The molecule has 0 radical (unpaired) electrons. The first-order valence-corrected chi connectivity index (χ1v) is 12.5. The van der Waals surface area contributed by atoms with E-state index in [1.165, 1.54) is 0 Å². The summed E-state index contributed by atoms with van der Waals surface area (Å²) in [6.07, 6.45) is 3.72. The van der Waals surface area contributed by atoms with Crippen molar-refractivity contribution < 1.29 is 9.59 Å². The lowest BCUT2D eigenvalue weighted by Gasteiger charge is -2.18. The number of nitrogens with zero attached hydrogens (tertiary/aromatic N) is 3. The number of carbonyl (C=O) groups is 2. The number of aryl methyl sites for hydroxylation is 2. The summed E-state index contributed by atoms with van der Waals surface area (Å²) < 4.78 is 0. The topological polar surface area (TPSA) is 111 Å². The Morgan fingerprint density at radius 1 is 1.14 bits per heavy atom. The van der Waals surface area contributed by atoms with Crippen LogP contribution in [0.25, 0.3) is 0 Å². The number of benzene rings is 2. The fraction of sp³-hybridized carbons (Fsp3) is 0.308. The summed E-state index contributed by atoms with van der Waals surface area (Å²) in [6, 6.07) is 13.8. The first-order valence-electron chi connectivity index (χ1n) is 12.1. The molecule has 3 heterocycles. The predicted octanol–water partition coefficient (Wildman–Crippen LogP) is 4.71. The van der Waals surface area contributed by atoms with Gasteiger partial charge in [0.2, 0.25) is 11.9 Å². The van der Waals surface area contributed by atoms with Crippen LogP contribution in [-0.4, -0.2) is 46.4 Å². The normalized spacial score (nSPS) is 16.5. The van der Waals surface area contributed by atoms with Gasteiger partial charge in [-0.05, 0) is 67.6 Å². The van der Waals surface area contributed by atoms with E-state index in [4.69, 9.17) is 11.6 Å². The van der Waals surface area contributed by atoms with Crippen LogP contribution in [0, 0.1) is 5.92 Å². The van der Waals surface area contributed by atoms with Gasteiger partial charge < -0.3 is 26.2 Å². The molecule has 2 aliphatic heterocycles. The monoisotopic (exact) mass is 505 g/mol. The van der Waals surface area contributed by atoms with Gasteiger partial charge in [0, 0.05) is 36.7 Å². The number of fused-ring (bicyclic) bond motifs is 6. The molecule has 0 spiro atoms. The van der Waals surface area contributed by atoms with Crippen LogP contribution in [0.4, 0.5) is 33.6 Å². The number of hydrogen-bond donors (Lipinski definition) is 4. The molecule has 1 atom stereocenters. The van der Waals surface area contributed by atoms with E-state index < -0.39 is 0 Å². The minimum atomic E-state index is -0.242. The first-order chi connectivity index (χ1) is 17.5. The summed E-state index contributed by atoms with van der Waals surface area (Å²) in [7, 11) is 0. The third-order valence-corrected chi connectivity index (χ3v) is 6.69. The number of amides is 3. The zero-order chi connectivity index (χ0) is 25.1. The molecule has 3 amide bonds. The maximum atomic E-state index is 13.1. The number of nitrogens with one attached hydrogen (secondary N) is 4. The fourth-order valence-corrected chi connectivity index (χ4v) is 4.66. The highest BCUT2D eigenvalue weighted by atomic mass is 35.5. The molecular formula is C26H28ClN7O2. The highest BCUT2D eigenvalue weighted by Gasteiger charge is 2.31. The van der Waals surface area contributed by atoms with Gasteiger partial charge in [-0.3, -0.25) is 4.79 Å². The molecule has 36 heavy (non-hydrogen) atoms. The van der Waals surface area contributed by atoms with Crippen molar-refractivity contribution >= 4 is 52.4 Å². The molecular weight excluding hydrogens is 478 g/mol. The van der Waals surface area contributed by atoms with Gasteiger partial charge in [-0.2, -0.15) is 4.98 Å². The molecule has 4 N–H and O–H groups in total. The number of carbonyl (C=O) groups excluding carboxylic acids is 2. The molecule has 1 fully saturated rings. The zero-order valence-corrected chi connectivity index (χ0v) is 20.7. The second-order valence-electron chi connectivity index (χ2n) is 8.97. The minimum absolute atomic E-state index is 0.0728. The van der Waals surface area contributed by atoms with E-state index in [2.05, 4.69) is 43.4 Å². The van der Waals surface area contributed by atoms with Crippen molar-refractivity contribution in [3.05, 3.63) is 64.8 Å². The van der Waals surface area contributed by atoms with Gasteiger partial charge in [0.1, 0.15) is 5.02 Å². The predicted molar refractivity (Wildman–Crippen MR) is 141 cm³/mol. The maximum Gasteiger partial charge on any atom is 0.317 e. The third-order valence-electron chi connectivity index (χ3n) is 6.41. The number of anilines is 5. The fourth-order valence-electron chi connectivity index (χ4n) is 4.52. The van der Waals surface area contributed by atoms with Crippen molar-refractivity contribution in [3.63, 3.8) is 0 Å². The number of halogens is 1. The van der Waals surface area contributed by atoms with Gasteiger partial charge >= 0.3 is 6.03 Å². The molecule has 2 aromatic carbocycles. The van der Waals surface area contributed by atoms with Crippen LogP contribution >= 0.6 is 11.6 Å². The molecule has 0 aliphatic carbocycles. The Labute approximate surface area is 214 Å². The Morgan fingerprint density at radius 2 is 2.00 bits per heavy atom. The summed E-state index contributed by atoms with van der Waals surface area (Å²) in [4.78, 5) is 35.8. The molecule has 5 rings (SSSR count). The van der Waals surface area contributed by atoms with E-state index in [0.29, 0.717) is 42.8 Å². The van der Waals surface area contributed by atoms with Crippen molar-refractivity contribution in [2.45, 2.75) is 26.2 Å². The SMILES string of the molecule is CCNC(=O)N1CC[C@@H](C(=O)Nc2ccc3cc2CCc2cccc(c2)Nc2ncc(Cl)c(n2)N3)C1. The largest absolute Gasteiger partial charge is 0.339 e. The van der Waals surface area contributed by atoms with Gasteiger partial charge in [-0.15, -0.1) is 0 Å². The number of hydrogen-bond acceptors (Lipinski definition) is 6. The third kappa shape index (κ3) is 5.36. The molecule has 186 valence electrons. The van der Waals surface area contributed by atoms with Crippen LogP contribution in [0.15, 0.2) is 48.7 Å². The summed E-state index contributed by atoms with van der Waals surface area (Å²) in [5, 5.41) is 12.8. The molecule has 3 aromatic rings. The highest BCUT2D eigenvalue weighted by Crippen LogP contribution is 2.30. The van der Waals surface area contributed by atoms with Crippen molar-refractivity contribution in [3.8, 4) is 0 Å². The highest BCUT2D eigenvalue weighted by molar-refractivity contribution is 6.32. The van der Waals surface area contributed by atoms with Crippen LogP contribution < -0.4 is 21.3 Å². The lowest BCUT2D eigenvalue weighted by molar-refractivity contribution is -0.119. The van der Waals surface area contributed by atoms with Crippen LogP contribution in [0.5, 0.6) is 0 Å². The van der Waals surface area contributed by atoms with Crippen molar-refractivity contribution in [2.24, 2.45) is 5.92 Å². The van der Waals surface area contributed by atoms with Crippen molar-refractivity contribution in [1.82, 2.24) is 20.2 Å². The Balaban J connectivity index is 1.40. The lowest BCUT2D eigenvalue weighted by Crippen LogP contribution is -2.39. The van der Waals surface area contributed by atoms with E-state index in [1.807, 2.05) is 37.3 Å². The summed E-state index contributed by atoms with van der Waals surface area (Å²) in [6.45, 7) is 3.44. The average molecular weight is 506 g/mol. The van der Waals surface area contributed by atoms with E-state index >= 15 is 0 Å². The Bertz CT molecular complexity index is 1300.